The Kier molecular flexibility index (Phi) is 6.99. The fourth-order valence-electron chi connectivity index (χ4n) is 3.35. The topological polar surface area (TPSA) is 55.3 Å². The zero-order valence-electron chi connectivity index (χ0n) is 17.4. The SMILES string of the molecule is CCCCN(C(=O)Cc1ccccc1)c1nnc(-c2cc(C)c(OC)c(C)c2)s1. The van der Waals surface area contributed by atoms with Crippen LogP contribution in [0.3, 0.4) is 0 Å². The molecule has 5 nitrogen and oxygen atoms in total. The molecular weight excluding hydrogens is 382 g/mol. The molecule has 0 N–H and O–H groups in total. The van der Waals surface area contributed by atoms with E-state index in [1.807, 2.05) is 44.2 Å². The number of amides is 1. The number of rotatable bonds is 8. The van der Waals surface area contributed by atoms with Crippen molar-refractivity contribution in [2.75, 3.05) is 18.6 Å². The van der Waals surface area contributed by atoms with Crippen molar-refractivity contribution < 1.29 is 9.53 Å². The number of nitrogens with zero attached hydrogens (tertiary/aromatic N) is 3. The number of hydrogen-bond donors (Lipinski definition) is 0. The van der Waals surface area contributed by atoms with E-state index in [-0.39, 0.29) is 5.91 Å². The van der Waals surface area contributed by atoms with Gasteiger partial charge in [-0.1, -0.05) is 55.0 Å². The molecule has 6 heteroatoms. The number of carbonyl (C=O) groups excluding carboxylic acids is 1. The Balaban J connectivity index is 1.86. The lowest BCUT2D eigenvalue weighted by molar-refractivity contribution is -0.118. The van der Waals surface area contributed by atoms with Crippen molar-refractivity contribution >= 4 is 22.4 Å². The third-order valence-corrected chi connectivity index (χ3v) is 5.79. The van der Waals surface area contributed by atoms with E-state index in [0.29, 0.717) is 18.1 Å². The first-order valence-electron chi connectivity index (χ1n) is 9.86. The average Bonchev–Trinajstić information content (AvgIpc) is 3.19. The maximum absolute atomic E-state index is 13.0. The zero-order chi connectivity index (χ0) is 20.8. The number of anilines is 1. The summed E-state index contributed by atoms with van der Waals surface area (Å²) in [7, 11) is 1.68. The van der Waals surface area contributed by atoms with Gasteiger partial charge >= 0.3 is 0 Å². The van der Waals surface area contributed by atoms with Crippen molar-refractivity contribution in [1.82, 2.24) is 10.2 Å². The lowest BCUT2D eigenvalue weighted by Gasteiger charge is -2.19. The minimum absolute atomic E-state index is 0.0504. The van der Waals surface area contributed by atoms with Crippen LogP contribution < -0.4 is 9.64 Å². The van der Waals surface area contributed by atoms with Gasteiger partial charge in [-0.15, -0.1) is 10.2 Å². The van der Waals surface area contributed by atoms with Gasteiger partial charge in [0.15, 0.2) is 0 Å². The third kappa shape index (κ3) is 5.01. The lowest BCUT2D eigenvalue weighted by atomic mass is 10.1. The van der Waals surface area contributed by atoms with E-state index in [1.165, 1.54) is 11.3 Å². The molecule has 1 aromatic heterocycles. The molecule has 0 fully saturated rings. The van der Waals surface area contributed by atoms with E-state index >= 15 is 0 Å². The van der Waals surface area contributed by atoms with Gasteiger partial charge in [-0.25, -0.2) is 0 Å². The van der Waals surface area contributed by atoms with Crippen LogP contribution in [0.4, 0.5) is 5.13 Å². The summed E-state index contributed by atoms with van der Waals surface area (Å²) in [6.07, 6.45) is 2.30. The van der Waals surface area contributed by atoms with Crippen LogP contribution in [0, 0.1) is 13.8 Å². The molecule has 0 spiro atoms. The summed E-state index contributed by atoms with van der Waals surface area (Å²) in [4.78, 5) is 14.8. The highest BCUT2D eigenvalue weighted by molar-refractivity contribution is 7.18. The first-order chi connectivity index (χ1) is 14.0. The quantitative estimate of drug-likeness (QED) is 0.513. The summed E-state index contributed by atoms with van der Waals surface area (Å²) >= 11 is 1.46. The monoisotopic (exact) mass is 409 g/mol. The van der Waals surface area contributed by atoms with E-state index in [1.54, 1.807) is 12.0 Å². The van der Waals surface area contributed by atoms with Crippen LogP contribution in [0.1, 0.15) is 36.5 Å². The highest BCUT2D eigenvalue weighted by Crippen LogP contribution is 2.34. The second kappa shape index (κ2) is 9.65. The second-order valence-corrected chi connectivity index (χ2v) is 8.05. The van der Waals surface area contributed by atoms with E-state index in [4.69, 9.17) is 4.74 Å². The van der Waals surface area contributed by atoms with Crippen LogP contribution in [0.15, 0.2) is 42.5 Å². The highest BCUT2D eigenvalue weighted by atomic mass is 32.1. The molecule has 3 rings (SSSR count). The smallest absolute Gasteiger partial charge is 0.233 e. The second-order valence-electron chi connectivity index (χ2n) is 7.09. The molecule has 0 saturated heterocycles. The Hall–Kier alpha value is -2.73. The Morgan fingerprint density at radius 3 is 2.41 bits per heavy atom. The van der Waals surface area contributed by atoms with Crippen LogP contribution in [0.2, 0.25) is 0 Å². The van der Waals surface area contributed by atoms with Crippen molar-refractivity contribution in [3.05, 3.63) is 59.2 Å². The van der Waals surface area contributed by atoms with Crippen LogP contribution in [0.5, 0.6) is 5.75 Å². The number of benzene rings is 2. The molecule has 0 radical (unpaired) electrons. The van der Waals surface area contributed by atoms with Crippen molar-refractivity contribution in [3.8, 4) is 16.3 Å². The molecule has 0 aliphatic carbocycles. The summed E-state index contributed by atoms with van der Waals surface area (Å²) in [5.41, 5.74) is 4.12. The van der Waals surface area contributed by atoms with Gasteiger partial charge in [-0.05, 0) is 49.1 Å². The molecule has 3 aromatic rings. The number of aryl methyl sites for hydroxylation is 2. The van der Waals surface area contributed by atoms with Gasteiger partial charge < -0.3 is 4.74 Å². The maximum Gasteiger partial charge on any atom is 0.233 e. The highest BCUT2D eigenvalue weighted by Gasteiger charge is 2.21. The lowest BCUT2D eigenvalue weighted by Crippen LogP contribution is -2.33. The molecule has 0 atom stereocenters. The number of aromatic nitrogens is 2. The van der Waals surface area contributed by atoms with Gasteiger partial charge in [0.25, 0.3) is 0 Å². The number of unbranched alkanes of at least 4 members (excludes halogenated alkanes) is 1. The fraction of sp³-hybridized carbons (Fsp3) is 0.348. The van der Waals surface area contributed by atoms with Gasteiger partial charge in [0.1, 0.15) is 10.8 Å². The molecule has 29 heavy (non-hydrogen) atoms. The molecule has 1 amide bonds. The Morgan fingerprint density at radius 2 is 1.79 bits per heavy atom. The van der Waals surface area contributed by atoms with E-state index < -0.39 is 0 Å². The number of carbonyl (C=O) groups is 1. The standard InChI is InChI=1S/C23H27N3O2S/c1-5-6-12-26(20(27)15-18-10-8-7-9-11-18)23-25-24-22(29-23)19-13-16(2)21(28-4)17(3)14-19/h7-11,13-14H,5-6,12,15H2,1-4H3. The normalized spacial score (nSPS) is 10.8. The van der Waals surface area contributed by atoms with Crippen molar-refractivity contribution in [2.24, 2.45) is 0 Å². The molecule has 0 bridgehead atoms. The van der Waals surface area contributed by atoms with Crippen LogP contribution >= 0.6 is 11.3 Å². The largest absolute Gasteiger partial charge is 0.496 e. The van der Waals surface area contributed by atoms with Crippen LogP contribution in [0.25, 0.3) is 10.6 Å². The molecule has 152 valence electrons. The molecule has 0 unspecified atom stereocenters. The summed E-state index contributed by atoms with van der Waals surface area (Å²) < 4.78 is 5.46. The van der Waals surface area contributed by atoms with Crippen molar-refractivity contribution in [2.45, 2.75) is 40.0 Å². The Morgan fingerprint density at radius 1 is 1.10 bits per heavy atom. The third-order valence-electron chi connectivity index (χ3n) is 4.79. The van der Waals surface area contributed by atoms with Gasteiger partial charge in [0, 0.05) is 12.1 Å². The van der Waals surface area contributed by atoms with Gasteiger partial charge in [0.05, 0.1) is 13.5 Å². The van der Waals surface area contributed by atoms with E-state index in [0.717, 1.165) is 45.9 Å². The summed E-state index contributed by atoms with van der Waals surface area (Å²) in [5, 5.41) is 10.2. The van der Waals surface area contributed by atoms with Gasteiger partial charge in [0.2, 0.25) is 11.0 Å². The van der Waals surface area contributed by atoms with Crippen molar-refractivity contribution in [1.29, 1.82) is 0 Å². The summed E-state index contributed by atoms with van der Waals surface area (Å²) in [5.74, 6) is 0.940. The fourth-order valence-corrected chi connectivity index (χ4v) is 4.22. The molecule has 0 aliphatic rings. The Labute approximate surface area is 176 Å². The predicted molar refractivity (Wildman–Crippen MR) is 119 cm³/mol. The van der Waals surface area contributed by atoms with Crippen molar-refractivity contribution in [3.63, 3.8) is 0 Å². The first kappa shape index (κ1) is 21.0. The molecule has 1 heterocycles. The average molecular weight is 410 g/mol. The maximum atomic E-state index is 13.0. The number of ether oxygens (including phenoxy) is 1. The zero-order valence-corrected chi connectivity index (χ0v) is 18.3. The summed E-state index contributed by atoms with van der Waals surface area (Å²) in [6.45, 7) is 6.81. The molecular formula is C23H27N3O2S. The minimum atomic E-state index is 0.0504. The van der Waals surface area contributed by atoms with Crippen LogP contribution in [-0.4, -0.2) is 29.8 Å². The van der Waals surface area contributed by atoms with Gasteiger partial charge in [-0.2, -0.15) is 0 Å². The number of methoxy groups -OCH3 is 1. The molecule has 0 aliphatic heterocycles. The minimum Gasteiger partial charge on any atom is -0.496 e. The Bertz CT molecular complexity index is 946. The first-order valence-corrected chi connectivity index (χ1v) is 10.7. The van der Waals surface area contributed by atoms with E-state index in [2.05, 4.69) is 29.3 Å². The predicted octanol–water partition coefficient (Wildman–Crippen LogP) is 5.21. The summed E-state index contributed by atoms with van der Waals surface area (Å²) in [6, 6.07) is 13.9. The van der Waals surface area contributed by atoms with Crippen LogP contribution in [-0.2, 0) is 11.2 Å². The molecule has 0 saturated carbocycles. The number of hydrogen-bond acceptors (Lipinski definition) is 5. The van der Waals surface area contributed by atoms with Gasteiger partial charge in [-0.3, -0.25) is 9.69 Å². The molecule has 2 aromatic carbocycles. The van der Waals surface area contributed by atoms with E-state index in [9.17, 15) is 4.79 Å².